The largest absolute Gasteiger partial charge is 0.493 e. The van der Waals surface area contributed by atoms with Crippen LogP contribution in [-0.2, 0) is 23.9 Å². The first kappa shape index (κ1) is 23.1. The van der Waals surface area contributed by atoms with Gasteiger partial charge in [0.05, 0.1) is 25.6 Å². The van der Waals surface area contributed by atoms with E-state index in [1.54, 1.807) is 6.08 Å². The highest BCUT2D eigenvalue weighted by atomic mass is 16.5. The fourth-order valence-corrected chi connectivity index (χ4v) is 2.87. The molecule has 1 aliphatic rings. The summed E-state index contributed by atoms with van der Waals surface area (Å²) in [6.45, 7) is 4.21. The van der Waals surface area contributed by atoms with Gasteiger partial charge in [-0.2, -0.15) is 0 Å². The van der Waals surface area contributed by atoms with Gasteiger partial charge in [0.25, 0.3) is 5.78 Å². The van der Waals surface area contributed by atoms with Gasteiger partial charge in [-0.05, 0) is 24.0 Å². The van der Waals surface area contributed by atoms with Crippen molar-refractivity contribution in [2.24, 2.45) is 10.9 Å². The predicted molar refractivity (Wildman–Crippen MR) is 114 cm³/mol. The molecule has 0 fully saturated rings. The molecule has 2 rings (SSSR count). The molecule has 0 amide bonds. The van der Waals surface area contributed by atoms with E-state index in [1.807, 2.05) is 37.3 Å². The van der Waals surface area contributed by atoms with Crippen LogP contribution in [0.2, 0.25) is 0 Å². The van der Waals surface area contributed by atoms with Gasteiger partial charge in [-0.3, -0.25) is 9.59 Å². The highest BCUT2D eigenvalue weighted by Crippen LogP contribution is 2.17. The van der Waals surface area contributed by atoms with E-state index in [0.29, 0.717) is 11.5 Å². The van der Waals surface area contributed by atoms with Crippen molar-refractivity contribution in [1.82, 2.24) is 5.32 Å². The summed E-state index contributed by atoms with van der Waals surface area (Å²) in [4.78, 5) is 40.7. The monoisotopic (exact) mass is 412 g/mol. The van der Waals surface area contributed by atoms with Crippen molar-refractivity contribution in [1.29, 1.82) is 0 Å². The van der Waals surface area contributed by atoms with Gasteiger partial charge in [0.2, 0.25) is 0 Å². The van der Waals surface area contributed by atoms with Gasteiger partial charge >= 0.3 is 11.8 Å². The Morgan fingerprint density at radius 1 is 1.17 bits per heavy atom. The highest BCUT2D eigenvalue weighted by molar-refractivity contribution is 6.77. The second-order valence-corrected chi connectivity index (χ2v) is 6.94. The molecule has 0 bridgehead atoms. The average Bonchev–Trinajstić information content (AvgIpc) is 2.78. The Hall–Kier alpha value is -3.22. The molecule has 0 saturated carbocycles. The number of hydrogen-bond acceptors (Lipinski definition) is 7. The van der Waals surface area contributed by atoms with Crippen molar-refractivity contribution in [3.8, 4) is 0 Å². The number of unbranched alkanes of at least 4 members (excludes halogenated alkanes) is 1. The van der Waals surface area contributed by atoms with E-state index in [1.165, 1.54) is 13.3 Å². The van der Waals surface area contributed by atoms with Gasteiger partial charge in [-0.1, -0.05) is 63.4 Å². The second-order valence-electron chi connectivity index (χ2n) is 6.94. The Morgan fingerprint density at radius 2 is 1.90 bits per heavy atom. The summed E-state index contributed by atoms with van der Waals surface area (Å²) in [5.74, 6) is -3.14. The van der Waals surface area contributed by atoms with E-state index < -0.39 is 17.5 Å². The fraction of sp³-hybridized carbons (Fsp3) is 0.391. The molecule has 0 aliphatic carbocycles. The molecule has 0 radical (unpaired) electrons. The molecule has 0 spiro atoms. The van der Waals surface area contributed by atoms with Crippen LogP contribution in [0, 0.1) is 5.92 Å². The van der Waals surface area contributed by atoms with Gasteiger partial charge < -0.3 is 14.8 Å². The molecule has 1 heterocycles. The zero-order valence-electron chi connectivity index (χ0n) is 17.6. The fourth-order valence-electron chi connectivity index (χ4n) is 2.87. The molecular weight excluding hydrogens is 384 g/mol. The van der Waals surface area contributed by atoms with E-state index in [9.17, 15) is 14.4 Å². The molecular formula is C23H28N2O5. The number of Topliss-reactive ketones (excluding diaryl/α,β-unsaturated/α-hetero) is 2. The van der Waals surface area contributed by atoms with Crippen LogP contribution in [0.3, 0.4) is 0 Å². The van der Waals surface area contributed by atoms with Crippen LogP contribution in [0.1, 0.15) is 45.1 Å². The van der Waals surface area contributed by atoms with Crippen molar-refractivity contribution in [2.45, 2.75) is 39.5 Å². The van der Waals surface area contributed by atoms with E-state index in [-0.39, 0.29) is 18.4 Å². The number of aliphatic imine (C=N–C) groups is 1. The van der Waals surface area contributed by atoms with Crippen molar-refractivity contribution in [3.05, 3.63) is 53.6 Å². The Morgan fingerprint density at radius 3 is 2.53 bits per heavy atom. The Bertz CT molecular complexity index is 856. The number of carbonyl (C=O) groups is 3. The van der Waals surface area contributed by atoms with Crippen molar-refractivity contribution >= 4 is 29.4 Å². The van der Waals surface area contributed by atoms with Crippen molar-refractivity contribution in [2.75, 3.05) is 13.7 Å². The molecule has 30 heavy (non-hydrogen) atoms. The average molecular weight is 412 g/mol. The Kier molecular flexibility index (Phi) is 9.00. The van der Waals surface area contributed by atoms with Crippen LogP contribution in [0.4, 0.5) is 0 Å². The maximum atomic E-state index is 12.5. The first-order chi connectivity index (χ1) is 14.5. The van der Waals surface area contributed by atoms with Gasteiger partial charge in [0, 0.05) is 0 Å². The molecule has 7 heteroatoms. The minimum Gasteiger partial charge on any atom is -0.493 e. The number of amidine groups is 1. The number of nitrogens with zero attached hydrogens (tertiary/aromatic N) is 1. The van der Waals surface area contributed by atoms with E-state index in [2.05, 4.69) is 17.2 Å². The third-order valence-corrected chi connectivity index (χ3v) is 4.76. The zero-order chi connectivity index (χ0) is 21.9. The first-order valence-electron chi connectivity index (χ1n) is 10.1. The molecule has 1 aromatic carbocycles. The lowest BCUT2D eigenvalue weighted by Gasteiger charge is -2.18. The number of esters is 1. The summed E-state index contributed by atoms with van der Waals surface area (Å²) in [6, 6.07) is 9.38. The predicted octanol–water partition coefficient (Wildman–Crippen LogP) is 3.41. The highest BCUT2D eigenvalue weighted by Gasteiger charge is 2.31. The second kappa shape index (κ2) is 11.7. The van der Waals surface area contributed by atoms with Crippen molar-refractivity contribution in [3.63, 3.8) is 0 Å². The van der Waals surface area contributed by atoms with E-state index in [4.69, 9.17) is 9.47 Å². The van der Waals surface area contributed by atoms with Crippen LogP contribution in [0.25, 0.3) is 6.08 Å². The van der Waals surface area contributed by atoms with Crippen LogP contribution < -0.4 is 5.32 Å². The lowest BCUT2D eigenvalue weighted by Crippen LogP contribution is -2.41. The van der Waals surface area contributed by atoms with Gasteiger partial charge in [0.1, 0.15) is 0 Å². The maximum absolute atomic E-state index is 12.5. The number of carbonyl (C=O) groups excluding carboxylic acids is 3. The first-order valence-corrected chi connectivity index (χ1v) is 10.1. The Balaban J connectivity index is 2.05. The normalized spacial score (nSPS) is 15.5. The number of ether oxygens (including phenoxy) is 2. The maximum Gasteiger partial charge on any atom is 0.383 e. The number of benzene rings is 1. The number of rotatable bonds is 11. The summed E-state index contributed by atoms with van der Waals surface area (Å²) < 4.78 is 10.3. The molecule has 160 valence electrons. The topological polar surface area (TPSA) is 94.1 Å². The summed E-state index contributed by atoms with van der Waals surface area (Å²) in [5, 5.41) is 2.78. The van der Waals surface area contributed by atoms with E-state index in [0.717, 1.165) is 31.2 Å². The number of ketones is 2. The minimum absolute atomic E-state index is 0.126. The number of methoxy groups -OCH3 is 1. The van der Waals surface area contributed by atoms with Gasteiger partial charge in [-0.25, -0.2) is 9.79 Å². The third-order valence-electron chi connectivity index (χ3n) is 4.76. The molecule has 1 atom stereocenters. The summed E-state index contributed by atoms with van der Waals surface area (Å²) in [5.41, 5.74) is 1.31. The quantitative estimate of drug-likeness (QED) is 0.340. The van der Waals surface area contributed by atoms with Gasteiger partial charge in [0.15, 0.2) is 11.6 Å². The van der Waals surface area contributed by atoms with Crippen LogP contribution >= 0.6 is 0 Å². The summed E-state index contributed by atoms with van der Waals surface area (Å²) in [6.07, 6.45) is 6.89. The van der Waals surface area contributed by atoms with Crippen molar-refractivity contribution < 1.29 is 23.9 Å². The lowest BCUT2D eigenvalue weighted by molar-refractivity contribution is -0.156. The molecule has 0 aromatic heterocycles. The minimum atomic E-state index is -1.25. The SMILES string of the molecule is CCCCC(CC)COC(=O)C(=O)C(=O)C1=NC=C(OC)C(=Cc2ccccc2)N1. The molecule has 1 aliphatic heterocycles. The zero-order valence-corrected chi connectivity index (χ0v) is 17.6. The molecule has 1 N–H and O–H groups in total. The van der Waals surface area contributed by atoms with Gasteiger partial charge in [-0.15, -0.1) is 0 Å². The molecule has 1 aromatic rings. The molecule has 0 saturated heterocycles. The molecule has 1 unspecified atom stereocenters. The smallest absolute Gasteiger partial charge is 0.383 e. The van der Waals surface area contributed by atoms with Crippen LogP contribution in [0.15, 0.2) is 53.0 Å². The molecule has 7 nitrogen and oxygen atoms in total. The third kappa shape index (κ3) is 6.40. The number of nitrogens with one attached hydrogen (secondary N) is 1. The standard InChI is InChI=1S/C23H28N2O5/c1-4-6-10-16(5-2)15-30-23(28)21(27)20(26)22-24-14-19(29-3)18(25-22)13-17-11-8-7-9-12-17/h7-9,11-14,16H,4-6,10,15H2,1-3H3,(H,24,25). The van der Waals surface area contributed by atoms with Crippen LogP contribution in [0.5, 0.6) is 0 Å². The van der Waals surface area contributed by atoms with Crippen LogP contribution in [-0.4, -0.2) is 37.1 Å². The number of hydrogen-bond donors (Lipinski definition) is 1. The van der Waals surface area contributed by atoms with E-state index >= 15 is 0 Å². The lowest BCUT2D eigenvalue weighted by atomic mass is 10.0. The summed E-state index contributed by atoms with van der Waals surface area (Å²) >= 11 is 0. The Labute approximate surface area is 176 Å². The summed E-state index contributed by atoms with van der Waals surface area (Å²) in [7, 11) is 1.47.